The first kappa shape index (κ1) is 20.7. The predicted molar refractivity (Wildman–Crippen MR) is 124 cm³/mol. The number of piperidine rings is 1. The van der Waals surface area contributed by atoms with Crippen LogP contribution >= 0.6 is 11.8 Å². The maximum absolute atomic E-state index is 13.0. The van der Waals surface area contributed by atoms with Gasteiger partial charge >= 0.3 is 5.97 Å². The smallest absolute Gasteiger partial charge is 0.316 e. The summed E-state index contributed by atoms with van der Waals surface area (Å²) >= 11 is 1.63. The molecule has 1 N–H and O–H groups in total. The Morgan fingerprint density at radius 2 is 1.33 bits per heavy atom. The number of ether oxygens (including phenoxy) is 1. The van der Waals surface area contributed by atoms with Crippen LogP contribution in [0.25, 0.3) is 0 Å². The lowest BCUT2D eigenvalue weighted by molar-refractivity contribution is -0.160. The molecule has 0 bridgehead atoms. The molecule has 1 heterocycles. The molecule has 1 saturated heterocycles. The number of benzene rings is 3. The molecule has 0 unspecified atom stereocenters. The highest BCUT2D eigenvalue weighted by Crippen LogP contribution is 2.38. The van der Waals surface area contributed by atoms with E-state index in [0.717, 1.165) is 31.5 Å². The number of carbonyl (C=O) groups is 1. The number of nitrogens with one attached hydrogen (secondary N) is 1. The molecule has 1 fully saturated rings. The fourth-order valence-corrected chi connectivity index (χ4v) is 5.12. The van der Waals surface area contributed by atoms with E-state index in [1.807, 2.05) is 54.6 Å². The SMILES string of the molecule is O=C(CSC(c1ccccc1)c1ccccc1)OC1(c2ccccc2)CCNCC1. The Kier molecular flexibility index (Phi) is 6.88. The average Bonchev–Trinajstić information content (AvgIpc) is 2.82. The maximum Gasteiger partial charge on any atom is 0.316 e. The summed E-state index contributed by atoms with van der Waals surface area (Å²) in [6.45, 7) is 1.71. The molecule has 0 atom stereocenters. The van der Waals surface area contributed by atoms with E-state index in [0.29, 0.717) is 5.75 Å². The van der Waals surface area contributed by atoms with Crippen LogP contribution in [0.2, 0.25) is 0 Å². The molecule has 1 aliphatic rings. The van der Waals surface area contributed by atoms with E-state index in [1.165, 1.54) is 11.1 Å². The third kappa shape index (κ3) is 4.94. The second-order valence-electron chi connectivity index (χ2n) is 7.60. The lowest BCUT2D eigenvalue weighted by atomic mass is 9.85. The zero-order chi connectivity index (χ0) is 20.7. The third-order valence-electron chi connectivity index (χ3n) is 5.59. The minimum Gasteiger partial charge on any atom is -0.453 e. The molecule has 3 nitrogen and oxygen atoms in total. The van der Waals surface area contributed by atoms with Gasteiger partial charge < -0.3 is 10.1 Å². The molecule has 0 spiro atoms. The standard InChI is InChI=1S/C26H27NO2S/c28-24(29-26(16-18-27-19-17-26)23-14-8-3-9-15-23)20-30-25(21-10-4-1-5-11-21)22-12-6-2-7-13-22/h1-15,25,27H,16-20H2. The second-order valence-corrected chi connectivity index (χ2v) is 8.69. The zero-order valence-electron chi connectivity index (χ0n) is 17.0. The van der Waals surface area contributed by atoms with E-state index >= 15 is 0 Å². The highest BCUT2D eigenvalue weighted by molar-refractivity contribution is 8.00. The van der Waals surface area contributed by atoms with Gasteiger partial charge in [0.2, 0.25) is 0 Å². The van der Waals surface area contributed by atoms with Crippen molar-refractivity contribution < 1.29 is 9.53 Å². The van der Waals surface area contributed by atoms with E-state index in [4.69, 9.17) is 4.74 Å². The fraction of sp³-hybridized carbons (Fsp3) is 0.269. The van der Waals surface area contributed by atoms with E-state index in [2.05, 4.69) is 41.7 Å². The van der Waals surface area contributed by atoms with Gasteiger partial charge in [-0.25, -0.2) is 0 Å². The molecule has 30 heavy (non-hydrogen) atoms. The van der Waals surface area contributed by atoms with Crippen molar-refractivity contribution in [1.29, 1.82) is 0 Å². The van der Waals surface area contributed by atoms with E-state index < -0.39 is 5.60 Å². The highest BCUT2D eigenvalue weighted by atomic mass is 32.2. The Morgan fingerprint density at radius 3 is 1.87 bits per heavy atom. The third-order valence-corrected chi connectivity index (χ3v) is 6.87. The molecule has 0 aromatic heterocycles. The van der Waals surface area contributed by atoms with Crippen LogP contribution in [-0.4, -0.2) is 24.8 Å². The van der Waals surface area contributed by atoms with Crippen LogP contribution in [-0.2, 0) is 15.1 Å². The van der Waals surface area contributed by atoms with Crippen molar-refractivity contribution in [3.63, 3.8) is 0 Å². The summed E-state index contributed by atoms with van der Waals surface area (Å²) in [5.74, 6) is 0.166. The topological polar surface area (TPSA) is 38.3 Å². The van der Waals surface area contributed by atoms with Crippen molar-refractivity contribution in [2.45, 2.75) is 23.7 Å². The molecule has 0 aliphatic carbocycles. The fourth-order valence-electron chi connectivity index (χ4n) is 4.06. The van der Waals surface area contributed by atoms with Crippen LogP contribution in [0, 0.1) is 0 Å². The summed E-state index contributed by atoms with van der Waals surface area (Å²) in [5, 5.41) is 3.48. The summed E-state index contributed by atoms with van der Waals surface area (Å²) in [6, 6.07) is 30.9. The number of carbonyl (C=O) groups excluding carboxylic acids is 1. The van der Waals surface area contributed by atoms with Gasteiger partial charge in [0.05, 0.1) is 11.0 Å². The highest BCUT2D eigenvalue weighted by Gasteiger charge is 2.37. The Hall–Kier alpha value is -2.56. The summed E-state index contributed by atoms with van der Waals surface area (Å²) < 4.78 is 6.19. The average molecular weight is 418 g/mol. The summed E-state index contributed by atoms with van der Waals surface area (Å²) in [6.07, 6.45) is 1.60. The Balaban J connectivity index is 1.49. The van der Waals surface area contributed by atoms with Crippen LogP contribution in [0.15, 0.2) is 91.0 Å². The lowest BCUT2D eigenvalue weighted by Crippen LogP contribution is -2.43. The van der Waals surface area contributed by atoms with Gasteiger partial charge in [-0.3, -0.25) is 4.79 Å². The van der Waals surface area contributed by atoms with Gasteiger partial charge in [0.15, 0.2) is 0 Å². The molecule has 4 heteroatoms. The van der Waals surface area contributed by atoms with E-state index in [9.17, 15) is 4.79 Å². The van der Waals surface area contributed by atoms with Crippen molar-refractivity contribution in [2.75, 3.05) is 18.8 Å². The van der Waals surface area contributed by atoms with Gasteiger partial charge in [-0.2, -0.15) is 0 Å². The Bertz CT molecular complexity index is 886. The van der Waals surface area contributed by atoms with Crippen molar-refractivity contribution in [2.24, 2.45) is 0 Å². The molecule has 0 amide bonds. The molecular formula is C26H27NO2S. The van der Waals surface area contributed by atoms with E-state index in [-0.39, 0.29) is 11.2 Å². The number of esters is 1. The minimum absolute atomic E-state index is 0.0978. The van der Waals surface area contributed by atoms with Gasteiger partial charge in [0, 0.05) is 12.8 Å². The quantitative estimate of drug-likeness (QED) is 0.527. The lowest BCUT2D eigenvalue weighted by Gasteiger charge is -2.37. The van der Waals surface area contributed by atoms with Gasteiger partial charge in [-0.15, -0.1) is 11.8 Å². The van der Waals surface area contributed by atoms with Gasteiger partial charge in [0.1, 0.15) is 5.60 Å². The molecule has 3 aromatic rings. The number of hydrogen-bond acceptors (Lipinski definition) is 4. The largest absolute Gasteiger partial charge is 0.453 e. The zero-order valence-corrected chi connectivity index (χ0v) is 17.8. The first-order valence-corrected chi connectivity index (χ1v) is 11.5. The molecule has 0 saturated carbocycles. The number of thioether (sulfide) groups is 1. The van der Waals surface area contributed by atoms with Crippen molar-refractivity contribution in [3.8, 4) is 0 Å². The van der Waals surface area contributed by atoms with Crippen LogP contribution in [0.4, 0.5) is 0 Å². The summed E-state index contributed by atoms with van der Waals surface area (Å²) in [5.41, 5.74) is 2.95. The second kappa shape index (κ2) is 9.96. The number of hydrogen-bond donors (Lipinski definition) is 1. The Morgan fingerprint density at radius 1 is 0.833 bits per heavy atom. The van der Waals surface area contributed by atoms with Crippen LogP contribution in [0.5, 0.6) is 0 Å². The minimum atomic E-state index is -0.529. The maximum atomic E-state index is 13.0. The summed E-state index contributed by atoms with van der Waals surface area (Å²) in [4.78, 5) is 13.0. The Labute approximate surface area is 182 Å². The van der Waals surface area contributed by atoms with Crippen LogP contribution in [0.1, 0.15) is 34.8 Å². The van der Waals surface area contributed by atoms with Gasteiger partial charge in [-0.1, -0.05) is 91.0 Å². The summed E-state index contributed by atoms with van der Waals surface area (Å²) in [7, 11) is 0. The van der Waals surface area contributed by atoms with Crippen LogP contribution in [0.3, 0.4) is 0 Å². The first-order chi connectivity index (χ1) is 14.8. The van der Waals surface area contributed by atoms with Gasteiger partial charge in [0.25, 0.3) is 0 Å². The molecular weight excluding hydrogens is 390 g/mol. The molecule has 4 rings (SSSR count). The molecule has 0 radical (unpaired) electrons. The first-order valence-electron chi connectivity index (χ1n) is 10.5. The van der Waals surface area contributed by atoms with Gasteiger partial charge in [-0.05, 0) is 29.8 Å². The predicted octanol–water partition coefficient (Wildman–Crippen LogP) is 5.33. The van der Waals surface area contributed by atoms with E-state index in [1.54, 1.807) is 11.8 Å². The van der Waals surface area contributed by atoms with Crippen LogP contribution < -0.4 is 5.32 Å². The van der Waals surface area contributed by atoms with Crippen molar-refractivity contribution in [3.05, 3.63) is 108 Å². The normalized spacial score (nSPS) is 15.6. The monoisotopic (exact) mass is 417 g/mol. The molecule has 154 valence electrons. The molecule has 1 aliphatic heterocycles. The van der Waals surface area contributed by atoms with Crippen molar-refractivity contribution in [1.82, 2.24) is 5.32 Å². The molecule has 3 aromatic carbocycles. The number of rotatable bonds is 7. The van der Waals surface area contributed by atoms with Crippen molar-refractivity contribution >= 4 is 17.7 Å².